The number of carbonyl (C=O) groups is 1. The van der Waals surface area contributed by atoms with Gasteiger partial charge in [-0.25, -0.2) is 12.8 Å². The number of aromatic nitrogens is 1. The van der Waals surface area contributed by atoms with Gasteiger partial charge in [0.2, 0.25) is 0 Å². The molecule has 0 bridgehead atoms. The number of hydrogen-bond donors (Lipinski definition) is 0. The number of hydrogen-bond acceptors (Lipinski definition) is 7. The van der Waals surface area contributed by atoms with Crippen LogP contribution in [0.2, 0.25) is 0 Å². The molecule has 1 aromatic carbocycles. The van der Waals surface area contributed by atoms with Crippen molar-refractivity contribution in [2.75, 3.05) is 50.5 Å². The van der Waals surface area contributed by atoms with Crippen molar-refractivity contribution in [1.82, 2.24) is 9.88 Å². The second kappa shape index (κ2) is 8.48. The fourth-order valence-corrected chi connectivity index (χ4v) is 6.23. The van der Waals surface area contributed by atoms with Gasteiger partial charge in [0.25, 0.3) is 5.91 Å². The minimum Gasteiger partial charge on any atom is -0.370 e. The lowest BCUT2D eigenvalue weighted by Gasteiger charge is -2.40. The molecule has 10 heteroatoms. The van der Waals surface area contributed by atoms with Gasteiger partial charge in [-0.2, -0.15) is 0 Å². The average molecular weight is 478 g/mol. The van der Waals surface area contributed by atoms with E-state index in [1.165, 1.54) is 18.4 Å². The largest absolute Gasteiger partial charge is 0.370 e. The lowest BCUT2D eigenvalue weighted by atomic mass is 9.99. The van der Waals surface area contributed by atoms with Crippen molar-refractivity contribution in [3.05, 3.63) is 35.8 Å². The second-order valence-corrected chi connectivity index (χ2v) is 11.4. The van der Waals surface area contributed by atoms with Crippen LogP contribution in [-0.2, 0) is 19.3 Å². The topological polar surface area (TPSA) is 89.0 Å². The Bertz CT molecular complexity index is 1160. The molecule has 4 heterocycles. The van der Waals surface area contributed by atoms with E-state index in [-0.39, 0.29) is 11.7 Å². The number of carbonyl (C=O) groups excluding carboxylic acids is 1. The molecule has 3 fully saturated rings. The maximum atomic E-state index is 14.2. The molecule has 2 aromatic rings. The summed E-state index contributed by atoms with van der Waals surface area (Å²) in [7, 11) is -3.13. The Labute approximate surface area is 192 Å². The predicted octanol–water partition coefficient (Wildman–Crippen LogP) is 2.37. The van der Waals surface area contributed by atoms with Gasteiger partial charge in [0.15, 0.2) is 5.79 Å². The van der Waals surface area contributed by atoms with Crippen LogP contribution in [-0.4, -0.2) is 80.9 Å². The summed E-state index contributed by atoms with van der Waals surface area (Å²) in [6, 6.07) is 4.41. The Morgan fingerprint density at radius 3 is 2.42 bits per heavy atom. The van der Waals surface area contributed by atoms with Gasteiger partial charge in [-0.15, -0.1) is 0 Å². The maximum Gasteiger partial charge on any atom is 0.257 e. The Kier molecular flexibility index (Phi) is 5.78. The van der Waals surface area contributed by atoms with E-state index in [2.05, 4.69) is 9.88 Å². The van der Waals surface area contributed by atoms with E-state index < -0.39 is 20.9 Å². The molecule has 0 aliphatic carbocycles. The maximum absolute atomic E-state index is 14.2. The molecule has 1 aromatic heterocycles. The lowest BCUT2D eigenvalue weighted by Crippen LogP contribution is -2.46. The first kappa shape index (κ1) is 22.5. The summed E-state index contributed by atoms with van der Waals surface area (Å²) in [4.78, 5) is 21.8. The highest BCUT2D eigenvalue weighted by Crippen LogP contribution is 2.38. The van der Waals surface area contributed by atoms with Crippen LogP contribution in [0, 0.1) is 5.82 Å². The number of sulfone groups is 1. The van der Waals surface area contributed by atoms with Crippen LogP contribution in [0.4, 0.5) is 10.1 Å². The number of anilines is 1. The number of pyridine rings is 1. The van der Waals surface area contributed by atoms with Crippen LogP contribution in [0.1, 0.15) is 36.0 Å². The SMILES string of the molecule is CS(=O)(=O)C1CCN(C(=O)c2cnc3ccc(F)cc3c2N2CCC3(CC2)OCCO3)CC1. The van der Waals surface area contributed by atoms with Crippen LogP contribution in [0.25, 0.3) is 10.9 Å². The standard InChI is InChI=1S/C23H28FN3O5S/c1-33(29,30)17-4-8-27(9-5-17)22(28)19-15-25-20-3-2-16(24)14-18(20)21(19)26-10-6-23(7-11-26)31-12-13-32-23/h2-3,14-15,17H,4-13H2,1H3. The third-order valence-corrected chi connectivity index (χ3v) is 8.70. The fraction of sp³-hybridized carbons (Fsp3) is 0.565. The van der Waals surface area contributed by atoms with E-state index in [9.17, 15) is 17.6 Å². The third-order valence-electron chi connectivity index (χ3n) is 7.02. The molecular weight excluding hydrogens is 449 g/mol. The van der Waals surface area contributed by atoms with Crippen molar-refractivity contribution in [2.45, 2.75) is 36.7 Å². The molecule has 0 saturated carbocycles. The zero-order valence-corrected chi connectivity index (χ0v) is 19.4. The van der Waals surface area contributed by atoms with E-state index in [1.807, 2.05) is 0 Å². The van der Waals surface area contributed by atoms with Crippen LogP contribution < -0.4 is 4.90 Å². The van der Waals surface area contributed by atoms with Crippen molar-refractivity contribution in [2.24, 2.45) is 0 Å². The van der Waals surface area contributed by atoms with E-state index in [0.29, 0.717) is 87.2 Å². The van der Waals surface area contributed by atoms with Gasteiger partial charge >= 0.3 is 0 Å². The number of rotatable bonds is 3. The number of halogens is 1. The number of amides is 1. The van der Waals surface area contributed by atoms with Crippen LogP contribution in [0.5, 0.6) is 0 Å². The van der Waals surface area contributed by atoms with Crippen molar-refractivity contribution in [3.8, 4) is 0 Å². The molecule has 0 atom stereocenters. The lowest BCUT2D eigenvalue weighted by molar-refractivity contribution is -0.169. The summed E-state index contributed by atoms with van der Waals surface area (Å²) in [6.07, 6.45) is 4.94. The van der Waals surface area contributed by atoms with Crippen molar-refractivity contribution in [3.63, 3.8) is 0 Å². The average Bonchev–Trinajstić information content (AvgIpc) is 3.26. The normalized spacial score (nSPS) is 21.8. The van der Waals surface area contributed by atoms with Gasteiger partial charge in [0.05, 0.1) is 35.2 Å². The van der Waals surface area contributed by atoms with Gasteiger partial charge in [-0.3, -0.25) is 9.78 Å². The molecule has 8 nitrogen and oxygen atoms in total. The fourth-order valence-electron chi connectivity index (χ4n) is 5.16. The van der Waals surface area contributed by atoms with Gasteiger partial charge in [0.1, 0.15) is 15.7 Å². The first-order valence-electron chi connectivity index (χ1n) is 11.4. The molecule has 0 unspecified atom stereocenters. The molecular formula is C23H28FN3O5S. The Morgan fingerprint density at radius 1 is 1.12 bits per heavy atom. The number of benzene rings is 1. The van der Waals surface area contributed by atoms with E-state index in [0.717, 1.165) is 0 Å². The molecule has 3 aliphatic rings. The molecule has 33 heavy (non-hydrogen) atoms. The van der Waals surface area contributed by atoms with Gasteiger partial charge in [-0.05, 0) is 31.0 Å². The Morgan fingerprint density at radius 2 is 1.79 bits per heavy atom. The minimum absolute atomic E-state index is 0.204. The Hall–Kier alpha value is -2.30. The summed E-state index contributed by atoms with van der Waals surface area (Å²) in [6.45, 7) is 3.09. The smallest absolute Gasteiger partial charge is 0.257 e. The molecule has 178 valence electrons. The van der Waals surface area contributed by atoms with Gasteiger partial charge in [-0.1, -0.05) is 0 Å². The zero-order valence-electron chi connectivity index (χ0n) is 18.6. The third kappa shape index (κ3) is 4.31. The van der Waals surface area contributed by atoms with Crippen LogP contribution in [0.3, 0.4) is 0 Å². The summed E-state index contributed by atoms with van der Waals surface area (Å²) in [5, 5.41) is 0.172. The number of piperidine rings is 2. The molecule has 3 saturated heterocycles. The quantitative estimate of drug-likeness (QED) is 0.671. The van der Waals surface area contributed by atoms with E-state index in [1.54, 1.807) is 17.2 Å². The van der Waals surface area contributed by atoms with Crippen molar-refractivity contribution < 1.29 is 27.1 Å². The number of nitrogens with zero attached hydrogens (tertiary/aromatic N) is 3. The number of ether oxygens (including phenoxy) is 2. The predicted molar refractivity (Wildman–Crippen MR) is 122 cm³/mol. The molecule has 0 radical (unpaired) electrons. The summed E-state index contributed by atoms with van der Waals surface area (Å²) in [5.41, 5.74) is 1.70. The van der Waals surface area contributed by atoms with Crippen molar-refractivity contribution in [1.29, 1.82) is 0 Å². The molecule has 5 rings (SSSR count). The molecule has 1 amide bonds. The highest BCUT2D eigenvalue weighted by molar-refractivity contribution is 7.91. The van der Waals surface area contributed by atoms with E-state index >= 15 is 0 Å². The number of fused-ring (bicyclic) bond motifs is 1. The zero-order chi connectivity index (χ0) is 23.2. The summed E-state index contributed by atoms with van der Waals surface area (Å²) in [5.74, 6) is -1.16. The number of likely N-dealkylation sites (tertiary alicyclic amines) is 1. The molecule has 3 aliphatic heterocycles. The summed E-state index contributed by atoms with van der Waals surface area (Å²) < 4.78 is 49.7. The van der Waals surface area contributed by atoms with Gasteiger partial charge in [0, 0.05) is 56.9 Å². The first-order valence-corrected chi connectivity index (χ1v) is 13.3. The van der Waals surface area contributed by atoms with Crippen LogP contribution in [0.15, 0.2) is 24.4 Å². The second-order valence-electron chi connectivity index (χ2n) is 9.10. The summed E-state index contributed by atoms with van der Waals surface area (Å²) >= 11 is 0. The highest BCUT2D eigenvalue weighted by atomic mass is 32.2. The Balaban J connectivity index is 1.47. The van der Waals surface area contributed by atoms with E-state index in [4.69, 9.17) is 9.47 Å². The van der Waals surface area contributed by atoms with Gasteiger partial charge < -0.3 is 19.3 Å². The first-order chi connectivity index (χ1) is 15.8. The van der Waals surface area contributed by atoms with Crippen LogP contribution >= 0.6 is 0 Å². The molecule has 0 N–H and O–H groups in total. The minimum atomic E-state index is -3.13. The molecule has 1 spiro atoms. The monoisotopic (exact) mass is 477 g/mol. The highest BCUT2D eigenvalue weighted by Gasteiger charge is 2.41. The van der Waals surface area contributed by atoms with Crippen molar-refractivity contribution >= 4 is 32.3 Å².